The maximum Gasteiger partial charge on any atom is 0.306 e. The molecule has 1 aromatic rings. The highest BCUT2D eigenvalue weighted by molar-refractivity contribution is 6.90. The summed E-state index contributed by atoms with van der Waals surface area (Å²) in [5.41, 5.74) is 2.56. The first-order chi connectivity index (χ1) is 10.3. The van der Waals surface area contributed by atoms with Crippen molar-refractivity contribution in [1.82, 2.24) is 0 Å². The number of oxime groups is 1. The van der Waals surface area contributed by atoms with Crippen LogP contribution in [-0.4, -0.2) is 47.6 Å². The first kappa shape index (κ1) is 16.1. The van der Waals surface area contributed by atoms with Crippen LogP contribution in [0.25, 0.3) is 0 Å². The first-order valence-corrected chi connectivity index (χ1v) is 7.10. The van der Waals surface area contributed by atoms with E-state index in [2.05, 4.69) is 19.0 Å². The highest BCUT2D eigenvalue weighted by Crippen LogP contribution is 2.27. The second-order valence-corrected chi connectivity index (χ2v) is 5.91. The Bertz CT molecular complexity index is 613. The van der Waals surface area contributed by atoms with Crippen molar-refractivity contribution in [3.63, 3.8) is 0 Å². The van der Waals surface area contributed by atoms with Crippen LogP contribution < -0.4 is 0 Å². The van der Waals surface area contributed by atoms with Gasteiger partial charge in [0.05, 0.1) is 5.71 Å². The molecule has 0 atom stereocenters. The predicted octanol–water partition coefficient (Wildman–Crippen LogP) is 1.82. The quantitative estimate of drug-likeness (QED) is 0.781. The van der Waals surface area contributed by atoms with Gasteiger partial charge < -0.3 is 15.1 Å². The first-order valence-electron chi connectivity index (χ1n) is 7.10. The molecule has 0 radical (unpaired) electrons. The SMILES string of the molecule is CC(C)c1cccc(C2=NOC(BC(=O)O)(BC(=O)O)C2)c1. The fourth-order valence-electron chi connectivity index (χ4n) is 2.56. The van der Waals surface area contributed by atoms with E-state index >= 15 is 0 Å². The van der Waals surface area contributed by atoms with Crippen molar-refractivity contribution < 1.29 is 24.6 Å². The van der Waals surface area contributed by atoms with Gasteiger partial charge in [-0.15, -0.1) is 0 Å². The van der Waals surface area contributed by atoms with E-state index in [9.17, 15) is 9.59 Å². The van der Waals surface area contributed by atoms with Crippen molar-refractivity contribution in [1.29, 1.82) is 0 Å². The van der Waals surface area contributed by atoms with Crippen molar-refractivity contribution in [2.45, 2.75) is 31.6 Å². The Morgan fingerprint density at radius 2 is 1.91 bits per heavy atom. The lowest BCUT2D eigenvalue weighted by Crippen LogP contribution is -2.49. The molecule has 0 amide bonds. The standard InChI is InChI=1S/C14H17B2NO5/c1-8(2)9-4-3-5-10(6-9)11-7-14(22-17-11,15-12(18)19)16-13(20)21/h3-6,8,15-16H,7H2,1-2H3,(H,18,19)(H,20,21). The lowest BCUT2D eigenvalue weighted by molar-refractivity contribution is 0.104. The molecule has 2 N–H and O–H groups in total. The average molecular weight is 301 g/mol. The lowest BCUT2D eigenvalue weighted by Gasteiger charge is -2.20. The number of benzene rings is 1. The summed E-state index contributed by atoms with van der Waals surface area (Å²) in [4.78, 5) is 27.3. The molecule has 0 bridgehead atoms. The summed E-state index contributed by atoms with van der Waals surface area (Å²) in [6.07, 6.45) is 0.174. The van der Waals surface area contributed by atoms with Gasteiger partial charge in [-0.25, -0.2) is 0 Å². The minimum atomic E-state index is -1.30. The zero-order valence-electron chi connectivity index (χ0n) is 12.6. The van der Waals surface area contributed by atoms with E-state index in [0.717, 1.165) is 11.1 Å². The maximum absolute atomic E-state index is 11.0. The zero-order chi connectivity index (χ0) is 16.3. The Balaban J connectivity index is 2.23. The molecular formula is C14H17B2NO5. The summed E-state index contributed by atoms with van der Waals surface area (Å²) in [7, 11) is -0.785. The molecule has 22 heavy (non-hydrogen) atoms. The van der Waals surface area contributed by atoms with Crippen LogP contribution in [0, 0.1) is 0 Å². The number of carbonyl (C=O) groups is 2. The minimum absolute atomic E-state index is 0.174. The van der Waals surface area contributed by atoms with Crippen molar-refractivity contribution in [3.8, 4) is 0 Å². The largest absolute Gasteiger partial charge is 0.489 e. The number of carboxylic acid groups (broad SMARTS) is 2. The molecule has 6 nitrogen and oxygen atoms in total. The Hall–Kier alpha value is -2.24. The van der Waals surface area contributed by atoms with Crippen LogP contribution in [0.15, 0.2) is 29.4 Å². The van der Waals surface area contributed by atoms with Crippen LogP contribution >= 0.6 is 0 Å². The van der Waals surface area contributed by atoms with Gasteiger partial charge in [-0.1, -0.05) is 37.2 Å². The summed E-state index contributed by atoms with van der Waals surface area (Å²) in [6, 6.07) is 7.75. The molecular weight excluding hydrogens is 284 g/mol. The van der Waals surface area contributed by atoms with E-state index in [-0.39, 0.29) is 6.42 Å². The third-order valence-electron chi connectivity index (χ3n) is 3.67. The Kier molecular flexibility index (Phi) is 4.59. The van der Waals surface area contributed by atoms with Gasteiger partial charge in [-0.3, -0.25) is 9.59 Å². The summed E-state index contributed by atoms with van der Waals surface area (Å²) < 4.78 is 0. The van der Waals surface area contributed by atoms with Gasteiger partial charge >= 0.3 is 14.6 Å². The van der Waals surface area contributed by atoms with E-state index in [1.165, 1.54) is 0 Å². The third-order valence-corrected chi connectivity index (χ3v) is 3.67. The van der Waals surface area contributed by atoms with E-state index in [1.54, 1.807) is 0 Å². The van der Waals surface area contributed by atoms with Gasteiger partial charge in [0.2, 0.25) is 11.7 Å². The van der Waals surface area contributed by atoms with Gasteiger partial charge in [0.1, 0.15) is 5.40 Å². The number of hydrogen-bond donors (Lipinski definition) is 2. The number of nitrogens with zero attached hydrogens (tertiary/aromatic N) is 1. The molecule has 0 aromatic heterocycles. The zero-order valence-corrected chi connectivity index (χ0v) is 12.6. The van der Waals surface area contributed by atoms with E-state index in [1.807, 2.05) is 24.3 Å². The van der Waals surface area contributed by atoms with Crippen LogP contribution in [0.3, 0.4) is 0 Å². The highest BCUT2D eigenvalue weighted by atomic mass is 16.7. The molecule has 1 aromatic carbocycles. The van der Waals surface area contributed by atoms with Crippen LogP contribution in [0.5, 0.6) is 0 Å². The monoisotopic (exact) mass is 301 g/mol. The molecule has 0 fully saturated rings. The molecule has 2 rings (SSSR count). The van der Waals surface area contributed by atoms with E-state index in [4.69, 9.17) is 15.1 Å². The van der Waals surface area contributed by atoms with Crippen LogP contribution in [0.4, 0.5) is 9.59 Å². The molecule has 0 saturated carbocycles. The summed E-state index contributed by atoms with van der Waals surface area (Å²) in [6.45, 7) is 4.15. The van der Waals surface area contributed by atoms with E-state index in [0.29, 0.717) is 11.6 Å². The van der Waals surface area contributed by atoms with Crippen molar-refractivity contribution in [2.24, 2.45) is 5.16 Å². The molecule has 0 unspecified atom stereocenters. The highest BCUT2D eigenvalue weighted by Gasteiger charge is 2.46. The summed E-state index contributed by atoms with van der Waals surface area (Å²) >= 11 is 0. The number of rotatable bonds is 6. The normalized spacial score (nSPS) is 15.9. The third kappa shape index (κ3) is 3.69. The van der Waals surface area contributed by atoms with Crippen molar-refractivity contribution in [2.75, 3.05) is 0 Å². The van der Waals surface area contributed by atoms with E-state index < -0.39 is 31.7 Å². The van der Waals surface area contributed by atoms with Crippen molar-refractivity contribution in [3.05, 3.63) is 35.4 Å². The summed E-state index contributed by atoms with van der Waals surface area (Å²) in [5, 5.41) is 20.7. The second-order valence-electron chi connectivity index (χ2n) is 5.91. The Morgan fingerprint density at radius 3 is 2.45 bits per heavy atom. The number of hydrogen-bond acceptors (Lipinski definition) is 4. The Morgan fingerprint density at radius 1 is 1.27 bits per heavy atom. The minimum Gasteiger partial charge on any atom is -0.489 e. The fourth-order valence-corrected chi connectivity index (χ4v) is 2.56. The van der Waals surface area contributed by atoms with Crippen LogP contribution in [0.1, 0.15) is 37.3 Å². The predicted molar refractivity (Wildman–Crippen MR) is 85.8 cm³/mol. The average Bonchev–Trinajstić information content (AvgIpc) is 2.80. The molecule has 1 aliphatic rings. The van der Waals surface area contributed by atoms with Crippen LogP contribution in [-0.2, 0) is 4.84 Å². The second kappa shape index (κ2) is 6.25. The topological polar surface area (TPSA) is 96.2 Å². The van der Waals surface area contributed by atoms with Gasteiger partial charge in [0, 0.05) is 6.42 Å². The molecule has 114 valence electrons. The molecule has 0 saturated heterocycles. The molecule has 8 heteroatoms. The fraction of sp³-hybridized carbons (Fsp3) is 0.357. The molecule has 0 aliphatic carbocycles. The summed E-state index contributed by atoms with van der Waals surface area (Å²) in [5.74, 6) is -1.85. The maximum atomic E-state index is 11.0. The van der Waals surface area contributed by atoms with Gasteiger partial charge in [0.25, 0.3) is 0 Å². The molecule has 0 spiro atoms. The molecule has 1 aliphatic heterocycles. The van der Waals surface area contributed by atoms with Crippen LogP contribution in [0.2, 0.25) is 0 Å². The van der Waals surface area contributed by atoms with Gasteiger partial charge in [0.15, 0.2) is 0 Å². The van der Waals surface area contributed by atoms with Gasteiger partial charge in [-0.2, -0.15) is 0 Å². The Labute approximate surface area is 129 Å². The smallest absolute Gasteiger partial charge is 0.306 e. The van der Waals surface area contributed by atoms with Gasteiger partial charge in [-0.05, 0) is 23.1 Å². The molecule has 1 heterocycles. The van der Waals surface area contributed by atoms with Crippen molar-refractivity contribution >= 4 is 32.0 Å². The lowest BCUT2D eigenvalue weighted by atomic mass is 9.39.